The minimum Gasteiger partial charge on any atom is -0.756 e. The Labute approximate surface area is 538 Å². The Kier molecular flexibility index (Phi) is 63.5. The number of likely N-dealkylation sites (N-methyl/N-ethyl adjacent to an activating group) is 1. The number of quaternary nitrogens is 1. The summed E-state index contributed by atoms with van der Waals surface area (Å²) in [7, 11) is 1.18. The van der Waals surface area contributed by atoms with E-state index in [0.717, 1.165) is 109 Å². The summed E-state index contributed by atoms with van der Waals surface area (Å²) in [4.78, 5) is 40.3. The van der Waals surface area contributed by atoms with Gasteiger partial charge in [0.1, 0.15) is 19.3 Å². The number of phosphoric ester groups is 1. The van der Waals surface area contributed by atoms with Gasteiger partial charge in [0, 0.05) is 12.8 Å². The molecule has 0 aliphatic rings. The molecule has 1 N–H and O–H groups in total. The van der Waals surface area contributed by atoms with Gasteiger partial charge in [0.05, 0.1) is 33.8 Å². The van der Waals surface area contributed by atoms with Crippen molar-refractivity contribution in [1.82, 2.24) is 5.32 Å². The fourth-order valence-electron chi connectivity index (χ4n) is 10.4. The van der Waals surface area contributed by atoms with E-state index in [1.807, 2.05) is 33.3 Å². The van der Waals surface area contributed by atoms with Crippen molar-refractivity contribution in [3.05, 3.63) is 97.2 Å². The predicted octanol–water partition coefficient (Wildman–Crippen LogP) is 22.8. The van der Waals surface area contributed by atoms with E-state index in [1.54, 1.807) is 0 Å². The van der Waals surface area contributed by atoms with Crippen LogP contribution < -0.4 is 10.2 Å². The van der Waals surface area contributed by atoms with Gasteiger partial charge >= 0.3 is 5.97 Å². The van der Waals surface area contributed by atoms with Gasteiger partial charge in [-0.25, -0.2) is 0 Å². The van der Waals surface area contributed by atoms with E-state index < -0.39 is 26.6 Å². The number of rotatable bonds is 66. The number of hydrogen-bond donors (Lipinski definition) is 1. The first-order valence-corrected chi connectivity index (χ1v) is 38.0. The summed E-state index contributed by atoms with van der Waals surface area (Å²) in [5.74, 6) is -0.545. The smallest absolute Gasteiger partial charge is 0.306 e. The summed E-state index contributed by atoms with van der Waals surface area (Å²) in [6, 6.07) is -0.898. The van der Waals surface area contributed by atoms with Crippen molar-refractivity contribution < 1.29 is 37.3 Å². The van der Waals surface area contributed by atoms with Crippen LogP contribution in [0.5, 0.6) is 0 Å². The number of carbonyl (C=O) groups is 2. The van der Waals surface area contributed by atoms with E-state index in [0.29, 0.717) is 17.4 Å². The van der Waals surface area contributed by atoms with Crippen LogP contribution in [0.15, 0.2) is 97.2 Å². The lowest BCUT2D eigenvalue weighted by Gasteiger charge is -2.30. The summed E-state index contributed by atoms with van der Waals surface area (Å²) in [5, 5.41) is 3.05. The maximum atomic E-state index is 13.6. The Morgan fingerprint density at radius 3 is 1.11 bits per heavy atom. The Hall–Kier alpha value is -3.07. The van der Waals surface area contributed by atoms with Crippen LogP contribution in [0.2, 0.25) is 0 Å². The number of unbranched alkanes of at least 4 members (excludes halogenated alkanes) is 36. The van der Waals surface area contributed by atoms with Gasteiger partial charge < -0.3 is 28.5 Å². The fraction of sp³-hybridized carbons (Fsp3) is 0.766. The van der Waals surface area contributed by atoms with Crippen LogP contribution in [-0.2, 0) is 27.9 Å². The Morgan fingerprint density at radius 1 is 0.414 bits per heavy atom. The SMILES string of the molecule is CC/C=C\C/C=C\C/C=C\C/C=C\C/C=C\C/C=C\CCCCCCCCCCC(=O)OC(/C=C\CCCCCCCCCCCCC)C(COP(=O)([O-])OCC[N+](C)(C)C)NC(=O)CCCCCCCCCCCCC/C=C/CCCCCCCC. The monoisotopic (exact) mass is 1240 g/mol. The Bertz CT molecular complexity index is 1810. The number of carbonyl (C=O) groups excluding carboxylic acids is 2. The number of amides is 1. The molecule has 3 atom stereocenters. The van der Waals surface area contributed by atoms with E-state index in [9.17, 15) is 19.0 Å². The van der Waals surface area contributed by atoms with Gasteiger partial charge in [-0.2, -0.15) is 0 Å². The summed E-state index contributed by atoms with van der Waals surface area (Å²) in [6.45, 7) is 6.75. The third-order valence-electron chi connectivity index (χ3n) is 16.0. The zero-order valence-electron chi connectivity index (χ0n) is 57.7. The van der Waals surface area contributed by atoms with Crippen LogP contribution in [0.4, 0.5) is 0 Å². The van der Waals surface area contributed by atoms with Crippen molar-refractivity contribution in [2.24, 2.45) is 0 Å². The van der Waals surface area contributed by atoms with Crippen molar-refractivity contribution in [3.63, 3.8) is 0 Å². The molecule has 0 heterocycles. The highest BCUT2D eigenvalue weighted by atomic mass is 31.2. The van der Waals surface area contributed by atoms with Crippen molar-refractivity contribution in [2.45, 2.75) is 341 Å². The Balaban J connectivity index is 5.10. The predicted molar refractivity (Wildman–Crippen MR) is 376 cm³/mol. The first-order chi connectivity index (χ1) is 42.4. The molecule has 0 rings (SSSR count). The second kappa shape index (κ2) is 65.9. The number of hydrogen-bond acceptors (Lipinski definition) is 7. The normalized spacial score (nSPS) is 14.1. The molecule has 3 unspecified atom stereocenters. The number of ether oxygens (including phenoxy) is 1. The molecule has 0 aromatic carbocycles. The van der Waals surface area contributed by atoms with Gasteiger partial charge in [0.15, 0.2) is 0 Å². The van der Waals surface area contributed by atoms with Gasteiger partial charge in [0.25, 0.3) is 7.82 Å². The first-order valence-electron chi connectivity index (χ1n) is 36.5. The highest BCUT2D eigenvalue weighted by molar-refractivity contribution is 7.45. The third-order valence-corrected chi connectivity index (χ3v) is 17.0. The number of nitrogens with one attached hydrogen (secondary N) is 1. The zero-order valence-corrected chi connectivity index (χ0v) is 58.6. The molecule has 0 radical (unpaired) electrons. The van der Waals surface area contributed by atoms with E-state index in [4.69, 9.17) is 13.8 Å². The van der Waals surface area contributed by atoms with Crippen molar-refractivity contribution >= 4 is 19.7 Å². The zero-order chi connectivity index (χ0) is 63.5. The average molecular weight is 1240 g/mol. The van der Waals surface area contributed by atoms with Gasteiger partial charge in [-0.15, -0.1) is 0 Å². The molecule has 87 heavy (non-hydrogen) atoms. The molecule has 1 amide bonds. The molecular weight excluding hydrogens is 1100 g/mol. The molecule has 0 fully saturated rings. The van der Waals surface area contributed by atoms with Gasteiger partial charge in [-0.05, 0) is 109 Å². The molecule has 10 heteroatoms. The molecule has 0 spiro atoms. The molecular formula is C77H139N2O7P. The summed E-state index contributed by atoms with van der Waals surface area (Å²) in [5.41, 5.74) is 0. The Morgan fingerprint density at radius 2 is 0.736 bits per heavy atom. The molecule has 0 aliphatic carbocycles. The summed E-state index contributed by atoms with van der Waals surface area (Å²) >= 11 is 0. The molecule has 0 saturated carbocycles. The summed E-state index contributed by atoms with van der Waals surface area (Å²) < 4.78 is 30.5. The molecule has 0 aliphatic heterocycles. The number of allylic oxidation sites excluding steroid dienone is 15. The lowest BCUT2D eigenvalue weighted by atomic mass is 10.0. The van der Waals surface area contributed by atoms with E-state index in [1.165, 1.54) is 186 Å². The quantitative estimate of drug-likeness (QED) is 0.0212. The van der Waals surface area contributed by atoms with Crippen molar-refractivity contribution in [3.8, 4) is 0 Å². The molecule has 0 bridgehead atoms. The second-order valence-electron chi connectivity index (χ2n) is 25.7. The standard InChI is InChI=1S/C77H139N2O7P/c1-7-10-13-16-19-22-25-28-30-32-34-36-37-38-39-40-41-43-45-47-49-52-55-58-61-64-67-70-77(81)86-75(68-65-62-59-56-53-50-27-24-21-18-15-12-9-3)74(73-85-87(82,83)84-72-71-79(4,5)6)78-76(80)69-66-63-60-57-54-51-48-46-44-42-35-33-31-29-26-23-20-17-14-11-8-2/h10,13,19,22,28-31,34,36,38-39,41,43,65,68,74-75H,7-9,11-12,14-18,20-21,23-27,32-33,35,37,40,42,44-64,66-67,69-73H2,1-6H3,(H-,78,80,82,83)/b13-10-,22-19-,30-28-,31-29+,36-34-,39-38-,43-41-,68-65-. The molecule has 0 saturated heterocycles. The van der Waals surface area contributed by atoms with Crippen LogP contribution in [0.25, 0.3) is 0 Å². The van der Waals surface area contributed by atoms with Crippen molar-refractivity contribution in [2.75, 3.05) is 40.9 Å². The first kappa shape index (κ1) is 83.9. The maximum absolute atomic E-state index is 13.6. The van der Waals surface area contributed by atoms with E-state index in [2.05, 4.69) is 111 Å². The molecule has 504 valence electrons. The average Bonchev–Trinajstić information content (AvgIpc) is 3.70. The van der Waals surface area contributed by atoms with Crippen molar-refractivity contribution in [1.29, 1.82) is 0 Å². The second-order valence-corrected chi connectivity index (χ2v) is 27.1. The fourth-order valence-corrected chi connectivity index (χ4v) is 11.1. The lowest BCUT2D eigenvalue weighted by Crippen LogP contribution is -2.47. The molecule has 0 aromatic rings. The summed E-state index contributed by atoms with van der Waals surface area (Å²) in [6.07, 6.45) is 89.5. The minimum atomic E-state index is -4.71. The molecule has 9 nitrogen and oxygen atoms in total. The number of phosphoric acid groups is 1. The third kappa shape index (κ3) is 67.2. The lowest BCUT2D eigenvalue weighted by molar-refractivity contribution is -0.870. The van der Waals surface area contributed by atoms with Crippen LogP contribution in [0.1, 0.15) is 329 Å². The van der Waals surface area contributed by atoms with Crippen LogP contribution in [0.3, 0.4) is 0 Å². The van der Waals surface area contributed by atoms with Gasteiger partial charge in [0.2, 0.25) is 5.91 Å². The van der Waals surface area contributed by atoms with Gasteiger partial charge in [-0.1, -0.05) is 305 Å². The van der Waals surface area contributed by atoms with Crippen LogP contribution >= 0.6 is 7.82 Å². The highest BCUT2D eigenvalue weighted by Crippen LogP contribution is 2.38. The minimum absolute atomic E-state index is 0.0267. The number of nitrogens with zero attached hydrogens (tertiary/aromatic N) is 1. The maximum Gasteiger partial charge on any atom is 0.306 e. The van der Waals surface area contributed by atoms with Gasteiger partial charge in [-0.3, -0.25) is 14.2 Å². The van der Waals surface area contributed by atoms with E-state index >= 15 is 0 Å². The highest BCUT2D eigenvalue weighted by Gasteiger charge is 2.27. The topological polar surface area (TPSA) is 114 Å². The number of esters is 1. The van der Waals surface area contributed by atoms with Crippen LogP contribution in [0, 0.1) is 0 Å². The van der Waals surface area contributed by atoms with Crippen LogP contribution in [-0.4, -0.2) is 69.4 Å². The van der Waals surface area contributed by atoms with E-state index in [-0.39, 0.29) is 24.9 Å². The largest absolute Gasteiger partial charge is 0.756 e. The molecule has 0 aromatic heterocycles.